The molecule has 1 aromatic carbocycles. The number of aryl methyl sites for hydroxylation is 1. The van der Waals surface area contributed by atoms with Crippen LogP contribution in [0.4, 0.5) is 11.4 Å². The Morgan fingerprint density at radius 3 is 2.42 bits per heavy atom. The van der Waals surface area contributed by atoms with Crippen molar-refractivity contribution >= 4 is 21.2 Å². The zero-order valence-corrected chi connectivity index (χ0v) is 12.2. The molecule has 0 aliphatic heterocycles. The number of nitrogens with zero attached hydrogens (tertiary/aromatic N) is 1. The zero-order chi connectivity index (χ0) is 14.8. The lowest BCUT2D eigenvalue weighted by Crippen LogP contribution is -2.38. The minimum Gasteiger partial charge on any atom is -0.378 e. The number of nitro groups is 1. The van der Waals surface area contributed by atoms with E-state index in [0.29, 0.717) is 5.69 Å². The molecule has 0 saturated carbocycles. The van der Waals surface area contributed by atoms with Gasteiger partial charge in [-0.3, -0.25) is 10.1 Å². The summed E-state index contributed by atoms with van der Waals surface area (Å²) in [7, 11) is -3.25. The summed E-state index contributed by atoms with van der Waals surface area (Å²) < 4.78 is 22.2. The molecule has 0 aliphatic rings. The molecule has 1 rings (SSSR count). The van der Waals surface area contributed by atoms with Gasteiger partial charge in [0.05, 0.1) is 9.67 Å². The largest absolute Gasteiger partial charge is 0.378 e. The molecule has 0 spiro atoms. The Bertz CT molecular complexity index is 594. The van der Waals surface area contributed by atoms with Crippen LogP contribution in [0.2, 0.25) is 0 Å². The first-order valence-corrected chi connectivity index (χ1v) is 7.62. The third-order valence-corrected chi connectivity index (χ3v) is 5.21. The highest BCUT2D eigenvalue weighted by atomic mass is 32.2. The van der Waals surface area contributed by atoms with Gasteiger partial charge in [-0.25, -0.2) is 8.42 Å². The number of benzene rings is 1. The number of hydrogen-bond acceptors (Lipinski definition) is 5. The lowest BCUT2D eigenvalue weighted by Gasteiger charge is -2.23. The number of nitro benzene ring substituents is 1. The maximum atomic E-state index is 11.6. The molecule has 0 radical (unpaired) electrons. The van der Waals surface area contributed by atoms with E-state index < -0.39 is 19.5 Å². The Morgan fingerprint density at radius 2 is 1.95 bits per heavy atom. The van der Waals surface area contributed by atoms with Gasteiger partial charge in [-0.05, 0) is 32.4 Å². The maximum absolute atomic E-state index is 11.6. The SMILES string of the molecule is Cc1ccc(NCC(C)(C)S(C)(=O)=O)c([N+](=O)[O-])c1. The summed E-state index contributed by atoms with van der Waals surface area (Å²) in [4.78, 5) is 10.5. The molecular formula is C12H18N2O4S. The Morgan fingerprint density at radius 1 is 1.37 bits per heavy atom. The topological polar surface area (TPSA) is 89.3 Å². The van der Waals surface area contributed by atoms with Crippen molar-refractivity contribution in [3.8, 4) is 0 Å². The Hall–Kier alpha value is -1.63. The average Bonchev–Trinajstić information content (AvgIpc) is 2.25. The molecule has 1 N–H and O–H groups in total. The fraction of sp³-hybridized carbons (Fsp3) is 0.500. The van der Waals surface area contributed by atoms with Crippen molar-refractivity contribution < 1.29 is 13.3 Å². The van der Waals surface area contributed by atoms with Crippen LogP contribution < -0.4 is 5.32 Å². The van der Waals surface area contributed by atoms with Gasteiger partial charge in [0.15, 0.2) is 9.84 Å². The summed E-state index contributed by atoms with van der Waals surface area (Å²) in [6.45, 7) is 5.03. The first-order chi connectivity index (χ1) is 8.54. The Labute approximate surface area is 112 Å². The van der Waals surface area contributed by atoms with Crippen LogP contribution in [0.1, 0.15) is 19.4 Å². The number of anilines is 1. The van der Waals surface area contributed by atoms with Gasteiger partial charge in [-0.1, -0.05) is 6.07 Å². The van der Waals surface area contributed by atoms with Crippen LogP contribution in [0.25, 0.3) is 0 Å². The van der Waals surface area contributed by atoms with E-state index in [0.717, 1.165) is 11.8 Å². The van der Waals surface area contributed by atoms with E-state index >= 15 is 0 Å². The quantitative estimate of drug-likeness (QED) is 0.661. The predicted molar refractivity (Wildman–Crippen MR) is 75.2 cm³/mol. The predicted octanol–water partition coefficient (Wildman–Crippen LogP) is 2.14. The molecule has 0 fully saturated rings. The summed E-state index contributed by atoms with van der Waals surface area (Å²) in [6.07, 6.45) is 1.15. The summed E-state index contributed by atoms with van der Waals surface area (Å²) in [5.41, 5.74) is 1.05. The smallest absolute Gasteiger partial charge is 0.292 e. The maximum Gasteiger partial charge on any atom is 0.292 e. The molecule has 0 heterocycles. The molecule has 106 valence electrons. The number of nitrogens with one attached hydrogen (secondary N) is 1. The van der Waals surface area contributed by atoms with Gasteiger partial charge < -0.3 is 5.32 Å². The van der Waals surface area contributed by atoms with Gasteiger partial charge in [-0.2, -0.15) is 0 Å². The van der Waals surface area contributed by atoms with Gasteiger partial charge in [0.2, 0.25) is 0 Å². The Kier molecular flexibility index (Phi) is 4.19. The molecule has 6 nitrogen and oxygen atoms in total. The van der Waals surface area contributed by atoms with Gasteiger partial charge in [-0.15, -0.1) is 0 Å². The molecule has 0 aromatic heterocycles. The Balaban J connectivity index is 2.99. The van der Waals surface area contributed by atoms with Crippen molar-refractivity contribution in [2.45, 2.75) is 25.5 Å². The highest BCUT2D eigenvalue weighted by molar-refractivity contribution is 7.92. The van der Waals surface area contributed by atoms with Crippen LogP contribution in [-0.2, 0) is 9.84 Å². The average molecular weight is 286 g/mol. The first kappa shape index (κ1) is 15.4. The van der Waals surface area contributed by atoms with Crippen LogP contribution in [0.5, 0.6) is 0 Å². The first-order valence-electron chi connectivity index (χ1n) is 5.73. The third-order valence-electron chi connectivity index (χ3n) is 3.06. The van der Waals surface area contributed by atoms with Gasteiger partial charge >= 0.3 is 0 Å². The van der Waals surface area contributed by atoms with E-state index in [2.05, 4.69) is 5.32 Å². The summed E-state index contributed by atoms with van der Waals surface area (Å²) in [5, 5.41) is 13.8. The highest BCUT2D eigenvalue weighted by Crippen LogP contribution is 2.26. The molecule has 19 heavy (non-hydrogen) atoms. The van der Waals surface area contributed by atoms with Crippen molar-refractivity contribution in [1.82, 2.24) is 0 Å². The number of rotatable bonds is 5. The molecule has 0 atom stereocenters. The lowest BCUT2D eigenvalue weighted by molar-refractivity contribution is -0.384. The lowest BCUT2D eigenvalue weighted by atomic mass is 10.1. The second-order valence-electron chi connectivity index (χ2n) is 5.16. The summed E-state index contributed by atoms with van der Waals surface area (Å²) in [5.74, 6) is 0. The fourth-order valence-corrected chi connectivity index (χ4v) is 1.72. The second-order valence-corrected chi connectivity index (χ2v) is 7.81. The van der Waals surface area contributed by atoms with Gasteiger partial charge in [0, 0.05) is 18.9 Å². The molecule has 7 heteroatoms. The molecular weight excluding hydrogens is 268 g/mol. The van der Waals surface area contributed by atoms with E-state index in [4.69, 9.17) is 0 Å². The normalized spacial score (nSPS) is 12.2. The van der Waals surface area contributed by atoms with Gasteiger partial charge in [0.25, 0.3) is 5.69 Å². The number of hydrogen-bond donors (Lipinski definition) is 1. The molecule has 0 saturated heterocycles. The van der Waals surface area contributed by atoms with Crippen molar-refractivity contribution in [2.75, 3.05) is 18.1 Å². The molecule has 1 aromatic rings. The molecule has 0 aliphatic carbocycles. The van der Waals surface area contributed by atoms with Gasteiger partial charge in [0.1, 0.15) is 5.69 Å². The third kappa shape index (κ3) is 3.66. The van der Waals surface area contributed by atoms with Crippen LogP contribution in [0.15, 0.2) is 18.2 Å². The van der Waals surface area contributed by atoms with E-state index in [-0.39, 0.29) is 12.2 Å². The van der Waals surface area contributed by atoms with Crippen LogP contribution in [0, 0.1) is 17.0 Å². The van der Waals surface area contributed by atoms with Crippen molar-refractivity contribution in [2.24, 2.45) is 0 Å². The van der Waals surface area contributed by atoms with Crippen molar-refractivity contribution in [3.63, 3.8) is 0 Å². The van der Waals surface area contributed by atoms with E-state index in [1.54, 1.807) is 32.9 Å². The van der Waals surface area contributed by atoms with Crippen LogP contribution >= 0.6 is 0 Å². The highest BCUT2D eigenvalue weighted by Gasteiger charge is 2.30. The van der Waals surface area contributed by atoms with Crippen molar-refractivity contribution in [3.05, 3.63) is 33.9 Å². The monoisotopic (exact) mass is 286 g/mol. The van der Waals surface area contributed by atoms with Crippen molar-refractivity contribution in [1.29, 1.82) is 0 Å². The zero-order valence-electron chi connectivity index (χ0n) is 11.4. The van der Waals surface area contributed by atoms with Crippen LogP contribution in [0.3, 0.4) is 0 Å². The molecule has 0 unspecified atom stereocenters. The van der Waals surface area contributed by atoms with E-state index in [1.807, 2.05) is 0 Å². The van der Waals surface area contributed by atoms with Crippen LogP contribution in [-0.4, -0.2) is 30.9 Å². The summed E-state index contributed by atoms with van der Waals surface area (Å²) >= 11 is 0. The van der Waals surface area contributed by atoms with E-state index in [1.165, 1.54) is 6.07 Å². The number of sulfone groups is 1. The fourth-order valence-electron chi connectivity index (χ4n) is 1.38. The van der Waals surface area contributed by atoms with E-state index in [9.17, 15) is 18.5 Å². The minimum atomic E-state index is -3.25. The standard InChI is InChI=1S/C12H18N2O4S/c1-9-5-6-10(11(7-9)14(15)16)13-8-12(2,3)19(4,17)18/h5-7,13H,8H2,1-4H3. The second kappa shape index (κ2) is 5.16. The minimum absolute atomic E-state index is 0.0516. The summed E-state index contributed by atoms with van der Waals surface area (Å²) in [6, 6.07) is 4.78. The molecule has 0 bridgehead atoms. The molecule has 0 amide bonds.